The Morgan fingerprint density at radius 3 is 2.27 bits per heavy atom. The van der Waals surface area contributed by atoms with Gasteiger partial charge in [-0.05, 0) is 30.5 Å². The maximum atomic E-state index is 13.5. The Bertz CT molecular complexity index is 683. The fraction of sp³-hybridized carbons (Fsp3) is 0.562. The van der Waals surface area contributed by atoms with Gasteiger partial charge in [0, 0.05) is 5.92 Å². The normalized spacial score (nSPS) is 20.2. The van der Waals surface area contributed by atoms with Gasteiger partial charge in [-0.3, -0.25) is 4.79 Å². The van der Waals surface area contributed by atoms with E-state index in [1.165, 1.54) is 13.0 Å². The van der Waals surface area contributed by atoms with Crippen LogP contribution in [0.25, 0.3) is 0 Å². The Hall–Kier alpha value is -1.97. The van der Waals surface area contributed by atoms with Crippen LogP contribution in [0.3, 0.4) is 0 Å². The summed E-state index contributed by atoms with van der Waals surface area (Å²) in [6, 6.07) is 4.28. The van der Waals surface area contributed by atoms with Crippen molar-refractivity contribution >= 4 is 5.91 Å². The lowest BCUT2D eigenvalue weighted by Crippen LogP contribution is -2.53. The average molecular weight is 385 g/mol. The van der Waals surface area contributed by atoms with Crippen molar-refractivity contribution in [3.8, 4) is 5.75 Å². The molecule has 146 valence electrons. The molecule has 2 rings (SSSR count). The summed E-state index contributed by atoms with van der Waals surface area (Å²) in [6.45, 7) is 1.21. The third-order valence-corrected chi connectivity index (χ3v) is 4.87. The molecule has 0 radical (unpaired) electrons. The Balaban J connectivity index is 2.44. The van der Waals surface area contributed by atoms with Gasteiger partial charge in [0.1, 0.15) is 5.75 Å². The second-order valence-electron chi connectivity index (χ2n) is 6.49. The number of hydrogen-bond donors (Lipinski definition) is 2. The van der Waals surface area contributed by atoms with Crippen LogP contribution in [0.2, 0.25) is 0 Å². The molecule has 0 bridgehead atoms. The zero-order valence-corrected chi connectivity index (χ0v) is 13.6. The zero-order chi connectivity index (χ0) is 20.0. The van der Waals surface area contributed by atoms with E-state index < -0.39 is 60.4 Å². The third-order valence-electron chi connectivity index (χ3n) is 4.87. The van der Waals surface area contributed by atoms with Crippen molar-refractivity contribution in [3.63, 3.8) is 0 Å². The van der Waals surface area contributed by atoms with E-state index in [0.29, 0.717) is 0 Å². The van der Waals surface area contributed by atoms with Gasteiger partial charge >= 0.3 is 12.5 Å². The van der Waals surface area contributed by atoms with Gasteiger partial charge in [-0.1, -0.05) is 19.1 Å². The predicted octanol–water partition coefficient (Wildman–Crippen LogP) is 3.64. The number of nitrogens with two attached hydrogens (primary N) is 1. The van der Waals surface area contributed by atoms with E-state index in [1.807, 2.05) is 0 Å². The maximum absolute atomic E-state index is 13.5. The van der Waals surface area contributed by atoms with Crippen molar-refractivity contribution in [2.24, 2.45) is 11.1 Å². The molecule has 1 aromatic carbocycles. The first-order valence-corrected chi connectivity index (χ1v) is 7.65. The van der Waals surface area contributed by atoms with E-state index >= 15 is 0 Å². The standard InChI is InChI=1S/C16H17F6NO3/c1-9(10-3-2-4-11(7-10)26-16(20,21)22)14(25,8-12(23)24)13(5-6-13)15(17,18)19/h2-4,7,9,25H,5-6,8H2,1H3,(H2,23,24)/t9-,14?/m0/s1. The van der Waals surface area contributed by atoms with Gasteiger partial charge in [0.25, 0.3) is 0 Å². The fourth-order valence-corrected chi connectivity index (χ4v) is 3.35. The molecule has 1 amide bonds. The smallest absolute Gasteiger partial charge is 0.406 e. The molecule has 1 aromatic rings. The molecule has 0 heterocycles. The van der Waals surface area contributed by atoms with Crippen molar-refractivity contribution in [3.05, 3.63) is 29.8 Å². The molecule has 1 saturated carbocycles. The minimum absolute atomic E-state index is 0.0361. The van der Waals surface area contributed by atoms with Crippen LogP contribution in [-0.4, -0.2) is 29.2 Å². The number of benzene rings is 1. The highest BCUT2D eigenvalue weighted by Crippen LogP contribution is 2.67. The van der Waals surface area contributed by atoms with E-state index in [-0.39, 0.29) is 5.56 Å². The van der Waals surface area contributed by atoms with Crippen LogP contribution < -0.4 is 10.5 Å². The summed E-state index contributed by atoms with van der Waals surface area (Å²) in [5.41, 5.74) is -0.122. The largest absolute Gasteiger partial charge is 0.573 e. The zero-order valence-electron chi connectivity index (χ0n) is 13.6. The summed E-state index contributed by atoms with van der Waals surface area (Å²) in [4.78, 5) is 11.3. The number of rotatable bonds is 6. The molecule has 3 N–H and O–H groups in total. The summed E-state index contributed by atoms with van der Waals surface area (Å²) in [5.74, 6) is -3.10. The molecule has 0 saturated heterocycles. The van der Waals surface area contributed by atoms with Gasteiger partial charge in [-0.2, -0.15) is 13.2 Å². The van der Waals surface area contributed by atoms with E-state index in [4.69, 9.17) is 5.73 Å². The molecule has 4 nitrogen and oxygen atoms in total. The summed E-state index contributed by atoms with van der Waals surface area (Å²) in [6.07, 6.45) is -11.6. The molecule has 0 aromatic heterocycles. The topological polar surface area (TPSA) is 72.6 Å². The Morgan fingerprint density at radius 1 is 1.27 bits per heavy atom. The second kappa shape index (κ2) is 6.33. The number of carbonyl (C=O) groups excluding carboxylic acids is 1. The van der Waals surface area contributed by atoms with Gasteiger partial charge in [0.15, 0.2) is 0 Å². The molecule has 1 aliphatic rings. The molecular weight excluding hydrogens is 368 g/mol. The second-order valence-corrected chi connectivity index (χ2v) is 6.49. The monoisotopic (exact) mass is 385 g/mol. The van der Waals surface area contributed by atoms with Crippen LogP contribution in [0.1, 0.15) is 37.7 Å². The van der Waals surface area contributed by atoms with Crippen molar-refractivity contribution < 1.29 is 41.0 Å². The van der Waals surface area contributed by atoms with Crippen LogP contribution in [0.4, 0.5) is 26.3 Å². The Kier molecular flexibility index (Phi) is 4.95. The molecule has 0 spiro atoms. The quantitative estimate of drug-likeness (QED) is 0.735. The lowest BCUT2D eigenvalue weighted by Gasteiger charge is -2.42. The molecule has 1 unspecified atom stereocenters. The van der Waals surface area contributed by atoms with Gasteiger partial charge in [0.05, 0.1) is 17.4 Å². The van der Waals surface area contributed by atoms with Crippen molar-refractivity contribution in [2.45, 2.75) is 50.2 Å². The molecule has 26 heavy (non-hydrogen) atoms. The molecule has 1 aliphatic carbocycles. The first kappa shape index (κ1) is 20.3. The number of ether oxygens (including phenoxy) is 1. The summed E-state index contributed by atoms with van der Waals surface area (Å²) >= 11 is 0. The highest BCUT2D eigenvalue weighted by molar-refractivity contribution is 5.75. The van der Waals surface area contributed by atoms with Crippen molar-refractivity contribution in [1.82, 2.24) is 0 Å². The van der Waals surface area contributed by atoms with Crippen LogP contribution in [0.15, 0.2) is 24.3 Å². The van der Waals surface area contributed by atoms with E-state index in [0.717, 1.165) is 18.2 Å². The van der Waals surface area contributed by atoms with Gasteiger partial charge in [-0.15, -0.1) is 13.2 Å². The first-order chi connectivity index (χ1) is 11.7. The van der Waals surface area contributed by atoms with Crippen molar-refractivity contribution in [2.75, 3.05) is 0 Å². The number of hydrogen-bond acceptors (Lipinski definition) is 3. The number of amides is 1. The predicted molar refractivity (Wildman–Crippen MR) is 78.0 cm³/mol. The van der Waals surface area contributed by atoms with Gasteiger partial charge in [-0.25, -0.2) is 0 Å². The fourth-order valence-electron chi connectivity index (χ4n) is 3.35. The number of aliphatic hydroxyl groups is 1. The number of halogens is 6. The SMILES string of the molecule is C[C@@H](c1cccc(OC(F)(F)F)c1)C(O)(CC(N)=O)C1(C(F)(F)F)CC1. The minimum atomic E-state index is -4.98. The molecule has 2 atom stereocenters. The van der Waals surface area contributed by atoms with Crippen LogP contribution >= 0.6 is 0 Å². The Morgan fingerprint density at radius 2 is 1.85 bits per heavy atom. The van der Waals surface area contributed by atoms with Gasteiger partial charge < -0.3 is 15.6 Å². The number of primary amides is 1. The first-order valence-electron chi connectivity index (χ1n) is 7.65. The maximum Gasteiger partial charge on any atom is 0.573 e. The number of carbonyl (C=O) groups is 1. The Labute approximate surface area is 144 Å². The average Bonchev–Trinajstić information content (AvgIpc) is 3.25. The minimum Gasteiger partial charge on any atom is -0.406 e. The lowest BCUT2D eigenvalue weighted by molar-refractivity contribution is -0.274. The lowest BCUT2D eigenvalue weighted by atomic mass is 9.69. The molecule has 10 heteroatoms. The highest BCUT2D eigenvalue weighted by Gasteiger charge is 2.74. The van der Waals surface area contributed by atoms with Crippen LogP contribution in [-0.2, 0) is 4.79 Å². The van der Waals surface area contributed by atoms with Crippen molar-refractivity contribution in [1.29, 1.82) is 0 Å². The van der Waals surface area contributed by atoms with Crippen LogP contribution in [0, 0.1) is 5.41 Å². The van der Waals surface area contributed by atoms with E-state index in [2.05, 4.69) is 4.74 Å². The molecule has 1 fully saturated rings. The number of alkyl halides is 6. The van der Waals surface area contributed by atoms with Gasteiger partial charge in [0.2, 0.25) is 5.91 Å². The van der Waals surface area contributed by atoms with E-state index in [1.54, 1.807) is 0 Å². The molecule has 0 aliphatic heterocycles. The summed E-state index contributed by atoms with van der Waals surface area (Å²) in [7, 11) is 0. The summed E-state index contributed by atoms with van der Waals surface area (Å²) in [5, 5.41) is 10.9. The highest BCUT2D eigenvalue weighted by atomic mass is 19.4. The van der Waals surface area contributed by atoms with Crippen LogP contribution in [0.5, 0.6) is 5.75 Å². The molecular formula is C16H17F6NO3. The summed E-state index contributed by atoms with van der Waals surface area (Å²) < 4.78 is 81.4. The van der Waals surface area contributed by atoms with E-state index in [9.17, 15) is 36.2 Å². The third kappa shape index (κ3) is 3.74.